The molecule has 4 heteroatoms. The van der Waals surface area contributed by atoms with Gasteiger partial charge in [0.1, 0.15) is 0 Å². The molecule has 0 aliphatic carbocycles. The Morgan fingerprint density at radius 3 is 2.50 bits per heavy atom. The molecule has 0 saturated carbocycles. The molecule has 1 N–H and O–H groups in total. The van der Waals surface area contributed by atoms with Gasteiger partial charge in [-0.1, -0.05) is 13.3 Å². The van der Waals surface area contributed by atoms with Crippen LogP contribution in [0.5, 0.6) is 0 Å². The molecule has 0 aromatic heterocycles. The fourth-order valence-corrected chi connectivity index (χ4v) is 1.75. The van der Waals surface area contributed by atoms with E-state index in [1.54, 1.807) is 7.05 Å². The van der Waals surface area contributed by atoms with E-state index < -0.39 is 6.10 Å². The van der Waals surface area contributed by atoms with E-state index in [0.717, 1.165) is 12.8 Å². The highest BCUT2D eigenvalue weighted by molar-refractivity contribution is 6.18. The van der Waals surface area contributed by atoms with E-state index in [9.17, 15) is 5.11 Å². The van der Waals surface area contributed by atoms with Gasteiger partial charge in [0.15, 0.2) is 19.9 Å². The van der Waals surface area contributed by atoms with Crippen LogP contribution in [-0.2, 0) is 4.84 Å². The summed E-state index contributed by atoms with van der Waals surface area (Å²) in [6.07, 6.45) is 1.32. The molecular weight excluding hydrogens is 202 g/mol. The van der Waals surface area contributed by atoms with Gasteiger partial charge in [0.05, 0.1) is 6.10 Å². The zero-order valence-electron chi connectivity index (χ0n) is 9.24. The van der Waals surface area contributed by atoms with Crippen molar-refractivity contribution >= 4 is 18.3 Å². The minimum atomic E-state index is -0.442. The molecule has 0 heterocycles. The number of hydrogen-bond acceptors (Lipinski definition) is 2. The Bertz CT molecular complexity index is 176. The second kappa shape index (κ2) is 7.07. The number of halogens is 1. The molecular formula is C10H21ClNO2+. The lowest BCUT2D eigenvalue weighted by atomic mass is 9.94. The molecule has 3 nitrogen and oxygen atoms in total. The molecule has 0 spiro atoms. The molecule has 0 aliphatic heterocycles. The molecule has 0 aromatic carbocycles. The Morgan fingerprint density at radius 2 is 2.14 bits per heavy atom. The molecule has 0 aromatic rings. The number of hydroxylamine groups is 1. The maximum absolute atomic E-state index is 9.58. The number of nitrogens with zero attached hydrogens (tertiary/aromatic N) is 1. The van der Waals surface area contributed by atoms with Crippen molar-refractivity contribution in [3.63, 3.8) is 0 Å². The van der Waals surface area contributed by atoms with Crippen molar-refractivity contribution in [3.05, 3.63) is 0 Å². The number of aliphatic hydroxyl groups is 1. The van der Waals surface area contributed by atoms with Crippen molar-refractivity contribution in [2.75, 3.05) is 12.9 Å². The number of rotatable bonds is 7. The molecule has 3 atom stereocenters. The Morgan fingerprint density at radius 1 is 1.57 bits per heavy atom. The van der Waals surface area contributed by atoms with E-state index in [0.29, 0.717) is 0 Å². The number of aliphatic hydroxyl groups excluding tert-OH is 1. The van der Waals surface area contributed by atoms with Crippen LogP contribution in [0.3, 0.4) is 0 Å². The van der Waals surface area contributed by atoms with Gasteiger partial charge in [0.25, 0.3) is 0 Å². The van der Waals surface area contributed by atoms with E-state index >= 15 is 0 Å². The van der Waals surface area contributed by atoms with Crippen LogP contribution in [-0.4, -0.2) is 41.7 Å². The first-order chi connectivity index (χ1) is 6.51. The van der Waals surface area contributed by atoms with Crippen LogP contribution >= 0.6 is 11.6 Å². The van der Waals surface area contributed by atoms with Crippen molar-refractivity contribution < 1.29 is 14.7 Å². The molecule has 0 amide bonds. The zero-order valence-corrected chi connectivity index (χ0v) is 10.00. The zero-order chi connectivity index (χ0) is 11.1. The Balaban J connectivity index is 3.97. The van der Waals surface area contributed by atoms with E-state index in [1.807, 2.05) is 13.8 Å². The van der Waals surface area contributed by atoms with Crippen molar-refractivity contribution in [1.82, 2.24) is 0 Å². The molecule has 0 rings (SSSR count). The van der Waals surface area contributed by atoms with E-state index in [1.165, 1.54) is 4.74 Å². The summed E-state index contributed by atoms with van der Waals surface area (Å²) in [5.41, 5.74) is 0. The average molecular weight is 223 g/mol. The second-order valence-electron chi connectivity index (χ2n) is 3.67. The summed E-state index contributed by atoms with van der Waals surface area (Å²) in [5, 5.41) is 9.58. The molecule has 84 valence electrons. The van der Waals surface area contributed by atoms with Gasteiger partial charge in [0.2, 0.25) is 0 Å². The summed E-state index contributed by atoms with van der Waals surface area (Å²) in [6.45, 7) is 7.61. The number of alkyl halides is 1. The van der Waals surface area contributed by atoms with Gasteiger partial charge in [-0.05, 0) is 24.0 Å². The summed E-state index contributed by atoms with van der Waals surface area (Å²) >= 11 is 5.60. The quantitative estimate of drug-likeness (QED) is 0.308. The maximum Gasteiger partial charge on any atom is 0.182 e. The topological polar surface area (TPSA) is 32.5 Å². The Hall–Kier alpha value is -0.280. The minimum absolute atomic E-state index is 0.0558. The highest BCUT2D eigenvalue weighted by atomic mass is 35.5. The van der Waals surface area contributed by atoms with Gasteiger partial charge < -0.3 is 5.11 Å². The van der Waals surface area contributed by atoms with Crippen LogP contribution in [0.15, 0.2) is 0 Å². The van der Waals surface area contributed by atoms with Gasteiger partial charge in [-0.3, -0.25) is 4.84 Å². The fraction of sp³-hybridized carbons (Fsp3) is 0.900. The monoisotopic (exact) mass is 222 g/mol. The fourth-order valence-electron chi connectivity index (χ4n) is 1.50. The first-order valence-corrected chi connectivity index (χ1v) is 5.49. The van der Waals surface area contributed by atoms with Crippen molar-refractivity contribution in [2.24, 2.45) is 5.92 Å². The van der Waals surface area contributed by atoms with Gasteiger partial charge in [0, 0.05) is 5.88 Å². The summed E-state index contributed by atoms with van der Waals surface area (Å²) in [5.74, 6) is 0.480. The predicted molar refractivity (Wildman–Crippen MR) is 59.0 cm³/mol. The van der Waals surface area contributed by atoms with Crippen molar-refractivity contribution in [2.45, 2.75) is 38.9 Å². The maximum atomic E-state index is 9.58. The lowest BCUT2D eigenvalue weighted by Crippen LogP contribution is -2.27. The lowest BCUT2D eigenvalue weighted by molar-refractivity contribution is -0.773. The average Bonchev–Trinajstić information content (AvgIpc) is 2.11. The Kier molecular flexibility index (Phi) is 6.93. The summed E-state index contributed by atoms with van der Waals surface area (Å²) in [6, 6.07) is 0. The molecule has 3 unspecified atom stereocenters. The van der Waals surface area contributed by atoms with Crippen LogP contribution in [0.2, 0.25) is 0 Å². The lowest BCUT2D eigenvalue weighted by Gasteiger charge is -2.21. The van der Waals surface area contributed by atoms with Crippen LogP contribution < -0.4 is 0 Å². The smallest absolute Gasteiger partial charge is 0.182 e. The third-order valence-corrected chi connectivity index (χ3v) is 2.54. The Labute approximate surface area is 91.3 Å². The SMILES string of the molecule is C=[N+](C)OC(C)CC(CC)C(O)CCl. The summed E-state index contributed by atoms with van der Waals surface area (Å²) < 4.78 is 1.43. The van der Waals surface area contributed by atoms with Crippen molar-refractivity contribution in [3.8, 4) is 0 Å². The standard InChI is InChI=1S/C10H21ClNO2/c1-5-9(10(13)7-11)6-8(2)14-12(3)4/h8-10,13H,3,5-7H2,1-2,4H3/q+1. The molecule has 14 heavy (non-hydrogen) atoms. The van der Waals surface area contributed by atoms with Crippen LogP contribution in [0.25, 0.3) is 0 Å². The molecule has 0 aliphatic rings. The van der Waals surface area contributed by atoms with Crippen LogP contribution in [0.4, 0.5) is 0 Å². The van der Waals surface area contributed by atoms with Gasteiger partial charge in [-0.2, -0.15) is 0 Å². The minimum Gasteiger partial charge on any atom is -0.392 e. The third kappa shape index (κ3) is 5.45. The first-order valence-electron chi connectivity index (χ1n) is 4.96. The molecule has 0 saturated heterocycles. The predicted octanol–water partition coefficient (Wildman–Crippen LogP) is 1.67. The second-order valence-corrected chi connectivity index (χ2v) is 3.98. The van der Waals surface area contributed by atoms with Crippen LogP contribution in [0.1, 0.15) is 26.7 Å². The molecule has 0 bridgehead atoms. The summed E-state index contributed by atoms with van der Waals surface area (Å²) in [4.78, 5) is 5.35. The normalized spacial score (nSPS) is 17.2. The largest absolute Gasteiger partial charge is 0.392 e. The highest BCUT2D eigenvalue weighted by Gasteiger charge is 2.21. The highest BCUT2D eigenvalue weighted by Crippen LogP contribution is 2.18. The van der Waals surface area contributed by atoms with Gasteiger partial charge in [-0.15, -0.1) is 11.6 Å². The van der Waals surface area contributed by atoms with E-state index in [2.05, 4.69) is 6.72 Å². The number of hydrogen-bond donors (Lipinski definition) is 1. The third-order valence-electron chi connectivity index (χ3n) is 2.22. The molecule has 0 radical (unpaired) electrons. The van der Waals surface area contributed by atoms with E-state index in [-0.39, 0.29) is 17.9 Å². The van der Waals surface area contributed by atoms with Gasteiger partial charge in [-0.25, -0.2) is 0 Å². The first kappa shape index (κ1) is 13.7. The van der Waals surface area contributed by atoms with Crippen LogP contribution in [0, 0.1) is 5.92 Å². The van der Waals surface area contributed by atoms with E-state index in [4.69, 9.17) is 16.4 Å². The molecule has 0 fully saturated rings. The summed E-state index contributed by atoms with van der Waals surface area (Å²) in [7, 11) is 1.75. The van der Waals surface area contributed by atoms with Crippen molar-refractivity contribution in [1.29, 1.82) is 0 Å². The van der Waals surface area contributed by atoms with Gasteiger partial charge >= 0.3 is 0 Å².